The molecule has 0 aliphatic heterocycles. The van der Waals surface area contributed by atoms with Gasteiger partial charge in [0.1, 0.15) is 5.82 Å². The van der Waals surface area contributed by atoms with Crippen molar-refractivity contribution in [2.75, 3.05) is 0 Å². The number of nitrogens with zero attached hydrogens (tertiary/aromatic N) is 2. The Hall–Kier alpha value is -2.02. The van der Waals surface area contributed by atoms with Crippen molar-refractivity contribution >= 4 is 18.1 Å². The first kappa shape index (κ1) is 16.4. The van der Waals surface area contributed by atoms with Crippen molar-refractivity contribution in [2.24, 2.45) is 5.92 Å². The van der Waals surface area contributed by atoms with E-state index in [1.54, 1.807) is 0 Å². The number of carbonyl (C=O) groups is 1. The fraction of sp³-hybridized carbons (Fsp3) is 0.400. The second kappa shape index (κ2) is 6.83. The number of H-pyrrole nitrogens is 1. The van der Waals surface area contributed by atoms with Crippen LogP contribution in [0.1, 0.15) is 43.0 Å². The van der Waals surface area contributed by atoms with E-state index < -0.39 is 0 Å². The number of hydrogen-bond acceptors (Lipinski definition) is 3. The van der Waals surface area contributed by atoms with Crippen LogP contribution in [0.5, 0.6) is 0 Å². The van der Waals surface area contributed by atoms with Crippen LogP contribution in [0, 0.1) is 16.5 Å². The van der Waals surface area contributed by atoms with Gasteiger partial charge in [-0.1, -0.05) is 13.8 Å². The van der Waals surface area contributed by atoms with Crippen molar-refractivity contribution in [3.8, 4) is 0 Å². The highest BCUT2D eigenvalue weighted by Crippen LogP contribution is 2.21. The predicted molar refractivity (Wildman–Crippen MR) is 84.5 cm³/mol. The van der Waals surface area contributed by atoms with Gasteiger partial charge < -0.3 is 9.88 Å². The Morgan fingerprint density at radius 2 is 2.05 bits per heavy atom. The molecule has 1 amide bonds. The number of nitrogens with one attached hydrogen (secondary N) is 2. The van der Waals surface area contributed by atoms with E-state index in [4.69, 9.17) is 12.2 Å². The van der Waals surface area contributed by atoms with Gasteiger partial charge in [0.05, 0.1) is 6.04 Å². The molecule has 1 atom stereocenters. The molecule has 0 saturated carbocycles. The summed E-state index contributed by atoms with van der Waals surface area (Å²) in [5.41, 5.74) is 0.407. The summed E-state index contributed by atoms with van der Waals surface area (Å²) >= 11 is 5.19. The monoisotopic (exact) mass is 322 g/mol. The molecular weight excluding hydrogens is 303 g/mol. The topological polar surface area (TPSA) is 62.7 Å². The Morgan fingerprint density at radius 1 is 1.41 bits per heavy atom. The second-order valence-electron chi connectivity index (χ2n) is 5.33. The lowest BCUT2D eigenvalue weighted by molar-refractivity contribution is 0.0922. The first-order valence-corrected chi connectivity index (χ1v) is 7.56. The molecule has 0 aliphatic rings. The van der Waals surface area contributed by atoms with Crippen LogP contribution in [0.15, 0.2) is 24.3 Å². The summed E-state index contributed by atoms with van der Waals surface area (Å²) in [6, 6.07) is 5.16. The second-order valence-corrected chi connectivity index (χ2v) is 5.72. The van der Waals surface area contributed by atoms with Crippen molar-refractivity contribution < 1.29 is 9.18 Å². The minimum atomic E-state index is -0.371. The zero-order valence-corrected chi connectivity index (χ0v) is 13.6. The van der Waals surface area contributed by atoms with E-state index in [0.717, 1.165) is 0 Å². The Bertz CT molecular complexity index is 705. The maximum absolute atomic E-state index is 12.9. The number of aromatic nitrogens is 3. The van der Waals surface area contributed by atoms with Crippen molar-refractivity contribution in [1.82, 2.24) is 20.1 Å². The molecule has 0 unspecified atom stereocenters. The van der Waals surface area contributed by atoms with Crippen LogP contribution in [0.3, 0.4) is 0 Å². The third-order valence-corrected chi connectivity index (χ3v) is 3.75. The highest BCUT2D eigenvalue weighted by atomic mass is 32.1. The molecule has 2 aromatic rings. The molecule has 0 radical (unpaired) electrons. The molecule has 0 bridgehead atoms. The van der Waals surface area contributed by atoms with Gasteiger partial charge in [0.15, 0.2) is 10.6 Å². The van der Waals surface area contributed by atoms with Gasteiger partial charge in [-0.3, -0.25) is 9.89 Å². The molecule has 0 spiro atoms. The van der Waals surface area contributed by atoms with Crippen molar-refractivity contribution in [2.45, 2.75) is 33.4 Å². The summed E-state index contributed by atoms with van der Waals surface area (Å²) in [6.45, 7) is 6.62. The average Bonchev–Trinajstić information content (AvgIpc) is 2.85. The Kier molecular flexibility index (Phi) is 5.07. The molecule has 1 heterocycles. The van der Waals surface area contributed by atoms with Crippen LogP contribution in [0.2, 0.25) is 0 Å². The maximum atomic E-state index is 12.9. The predicted octanol–water partition coefficient (Wildman–Crippen LogP) is 3.23. The van der Waals surface area contributed by atoms with Gasteiger partial charge in [-0.2, -0.15) is 5.10 Å². The van der Waals surface area contributed by atoms with Crippen LogP contribution in [0.25, 0.3) is 0 Å². The van der Waals surface area contributed by atoms with Gasteiger partial charge in [-0.05, 0) is 49.3 Å². The Balaban J connectivity index is 2.27. The third kappa shape index (κ3) is 3.41. The number of carbonyl (C=O) groups excluding carboxylic acids is 1. The lowest BCUT2D eigenvalue weighted by Gasteiger charge is -2.22. The molecule has 0 fully saturated rings. The van der Waals surface area contributed by atoms with Crippen LogP contribution in [-0.4, -0.2) is 20.7 Å². The summed E-state index contributed by atoms with van der Waals surface area (Å²) in [5, 5.41) is 9.94. The Labute approximate surface area is 133 Å². The molecule has 2 N–H and O–H groups in total. The number of benzene rings is 1. The van der Waals surface area contributed by atoms with Gasteiger partial charge in [-0.25, -0.2) is 4.39 Å². The minimum Gasteiger partial charge on any atom is -0.342 e. The van der Waals surface area contributed by atoms with Crippen LogP contribution in [-0.2, 0) is 6.54 Å². The fourth-order valence-electron chi connectivity index (χ4n) is 2.23. The van der Waals surface area contributed by atoms with Gasteiger partial charge in [0.25, 0.3) is 5.91 Å². The molecule has 2 rings (SSSR count). The number of amides is 1. The molecule has 0 aliphatic carbocycles. The van der Waals surface area contributed by atoms with Crippen LogP contribution in [0.4, 0.5) is 4.39 Å². The lowest BCUT2D eigenvalue weighted by Crippen LogP contribution is -2.33. The standard InChI is InChI=1S/C15H19FN4OS/c1-4-20-13(18-19-15(20)22)12(9(2)3)17-14(21)10-5-7-11(16)8-6-10/h5-9,12H,4H2,1-3H3,(H,17,21)(H,19,22)/t12-/m0/s1. The Morgan fingerprint density at radius 3 is 2.59 bits per heavy atom. The van der Waals surface area contributed by atoms with Gasteiger partial charge in [-0.15, -0.1) is 0 Å². The molecule has 22 heavy (non-hydrogen) atoms. The number of hydrogen-bond donors (Lipinski definition) is 2. The molecule has 118 valence electrons. The SMILES string of the molecule is CCn1c([C@@H](NC(=O)c2ccc(F)cc2)C(C)C)n[nH]c1=S. The normalized spacial score (nSPS) is 12.4. The van der Waals surface area contributed by atoms with E-state index >= 15 is 0 Å². The summed E-state index contributed by atoms with van der Waals surface area (Å²) < 4.78 is 15.3. The summed E-state index contributed by atoms with van der Waals surface area (Å²) in [6.07, 6.45) is 0. The van der Waals surface area contributed by atoms with Crippen molar-refractivity contribution in [3.05, 3.63) is 46.2 Å². The van der Waals surface area contributed by atoms with E-state index in [1.165, 1.54) is 24.3 Å². The smallest absolute Gasteiger partial charge is 0.251 e. The molecule has 1 aromatic carbocycles. The van der Waals surface area contributed by atoms with Gasteiger partial charge in [0.2, 0.25) is 0 Å². The first-order valence-electron chi connectivity index (χ1n) is 7.15. The van der Waals surface area contributed by atoms with Crippen LogP contribution >= 0.6 is 12.2 Å². The van der Waals surface area contributed by atoms with E-state index in [1.807, 2.05) is 25.3 Å². The maximum Gasteiger partial charge on any atom is 0.251 e. The van der Waals surface area contributed by atoms with Crippen molar-refractivity contribution in [1.29, 1.82) is 0 Å². The van der Waals surface area contributed by atoms with E-state index in [2.05, 4.69) is 15.5 Å². The number of rotatable bonds is 5. The molecule has 0 saturated heterocycles. The highest BCUT2D eigenvalue weighted by Gasteiger charge is 2.24. The van der Waals surface area contributed by atoms with Gasteiger partial charge >= 0.3 is 0 Å². The average molecular weight is 322 g/mol. The zero-order chi connectivity index (χ0) is 16.3. The summed E-state index contributed by atoms with van der Waals surface area (Å²) in [4.78, 5) is 12.3. The summed E-state index contributed by atoms with van der Waals surface area (Å²) in [7, 11) is 0. The summed E-state index contributed by atoms with van der Waals surface area (Å²) in [5.74, 6) is 0.178. The lowest BCUT2D eigenvalue weighted by atomic mass is 10.0. The molecule has 1 aromatic heterocycles. The quantitative estimate of drug-likeness (QED) is 0.831. The van der Waals surface area contributed by atoms with E-state index in [-0.39, 0.29) is 23.7 Å². The molecule has 5 nitrogen and oxygen atoms in total. The third-order valence-electron chi connectivity index (χ3n) is 3.44. The van der Waals surface area contributed by atoms with E-state index in [9.17, 15) is 9.18 Å². The van der Waals surface area contributed by atoms with Crippen LogP contribution < -0.4 is 5.32 Å². The molecular formula is C15H19FN4OS. The van der Waals surface area contributed by atoms with E-state index in [0.29, 0.717) is 22.7 Å². The number of aromatic amines is 1. The van der Waals surface area contributed by atoms with Gasteiger partial charge in [0, 0.05) is 12.1 Å². The largest absolute Gasteiger partial charge is 0.342 e. The highest BCUT2D eigenvalue weighted by molar-refractivity contribution is 7.71. The van der Waals surface area contributed by atoms with Crippen molar-refractivity contribution in [3.63, 3.8) is 0 Å². The molecule has 7 heteroatoms. The minimum absolute atomic E-state index is 0.125. The number of halogens is 1. The first-order chi connectivity index (χ1) is 10.4. The zero-order valence-electron chi connectivity index (χ0n) is 12.8. The fourth-order valence-corrected chi connectivity index (χ4v) is 2.50.